The van der Waals surface area contributed by atoms with Crippen LogP contribution in [0.15, 0.2) is 71.2 Å². The molecule has 0 spiro atoms. The van der Waals surface area contributed by atoms with Crippen molar-refractivity contribution >= 4 is 55.7 Å². The number of carbonyl (C=O) groups is 4. The SMILES string of the molecule is COc1cccc(-c2cc(O[C@@H]3C[C@H]4C(=O)N[C@]5(C(=O)NS(=O)(=O)C6CC6)C[C@@H]5/C=C\CCCCC[C@H](NC(=O)C(F)(F)F)C(=O)N4C3)c3oc4ccccc4c3n2)c1. The van der Waals surface area contributed by atoms with Crippen LogP contribution < -0.4 is 24.8 Å². The third-order valence-corrected chi connectivity index (χ3v) is 13.2. The van der Waals surface area contributed by atoms with Gasteiger partial charge in [-0.1, -0.05) is 49.3 Å². The summed E-state index contributed by atoms with van der Waals surface area (Å²) < 4.78 is 86.8. The molecule has 3 N–H and O–H groups in total. The maximum atomic E-state index is 14.4. The molecule has 2 aromatic carbocycles. The van der Waals surface area contributed by atoms with E-state index in [1.807, 2.05) is 29.6 Å². The summed E-state index contributed by atoms with van der Waals surface area (Å²) in [6, 6.07) is 13.0. The van der Waals surface area contributed by atoms with E-state index >= 15 is 0 Å². The van der Waals surface area contributed by atoms with E-state index in [1.165, 1.54) is 7.11 Å². The Morgan fingerprint density at radius 1 is 1.03 bits per heavy atom. The van der Waals surface area contributed by atoms with Gasteiger partial charge in [0, 0.05) is 29.4 Å². The number of amides is 4. The van der Waals surface area contributed by atoms with E-state index in [0.717, 1.165) is 4.90 Å². The normalized spacial score (nSPS) is 25.9. The van der Waals surface area contributed by atoms with Crippen molar-refractivity contribution < 1.29 is 54.7 Å². The summed E-state index contributed by atoms with van der Waals surface area (Å²) in [5.41, 5.74) is 0.752. The van der Waals surface area contributed by atoms with Crippen molar-refractivity contribution in [1.29, 1.82) is 0 Å². The van der Waals surface area contributed by atoms with Crippen molar-refractivity contribution in [1.82, 2.24) is 25.2 Å². The average Bonchev–Trinajstić information content (AvgIpc) is 4.11. The van der Waals surface area contributed by atoms with Crippen molar-refractivity contribution in [3.05, 3.63) is 66.7 Å². The number of methoxy groups -OCH3 is 1. The second-order valence-electron chi connectivity index (χ2n) is 15.5. The highest BCUT2D eigenvalue weighted by molar-refractivity contribution is 7.91. The van der Waals surface area contributed by atoms with Gasteiger partial charge in [-0.15, -0.1) is 0 Å². The van der Waals surface area contributed by atoms with Crippen LogP contribution in [0.3, 0.4) is 0 Å². The zero-order valence-corrected chi connectivity index (χ0v) is 32.7. The monoisotopic (exact) mass is 837 g/mol. The maximum absolute atomic E-state index is 14.4. The predicted octanol–water partition coefficient (Wildman–Crippen LogP) is 5.06. The van der Waals surface area contributed by atoms with Crippen molar-refractivity contribution in [2.24, 2.45) is 5.92 Å². The van der Waals surface area contributed by atoms with Crippen LogP contribution in [0.2, 0.25) is 0 Å². The third kappa shape index (κ3) is 8.18. The number of fused-ring (bicyclic) bond motifs is 5. The predicted molar refractivity (Wildman–Crippen MR) is 207 cm³/mol. The quantitative estimate of drug-likeness (QED) is 0.203. The van der Waals surface area contributed by atoms with Gasteiger partial charge in [-0.05, 0) is 62.8 Å². The number of pyridine rings is 1. The number of benzene rings is 2. The molecule has 4 aliphatic rings. The number of sulfonamides is 1. The van der Waals surface area contributed by atoms with Crippen LogP contribution in [0.4, 0.5) is 13.2 Å². The smallest absolute Gasteiger partial charge is 0.471 e. The number of ether oxygens (including phenoxy) is 2. The average molecular weight is 838 g/mol. The topological polar surface area (TPSA) is 186 Å². The summed E-state index contributed by atoms with van der Waals surface area (Å²) >= 11 is 0. The van der Waals surface area contributed by atoms with E-state index in [-0.39, 0.29) is 43.6 Å². The minimum atomic E-state index is -5.28. The molecule has 1 saturated heterocycles. The summed E-state index contributed by atoms with van der Waals surface area (Å²) in [6.45, 7) is -0.299. The zero-order chi connectivity index (χ0) is 41.7. The van der Waals surface area contributed by atoms with Crippen LogP contribution in [0, 0.1) is 5.92 Å². The van der Waals surface area contributed by atoms with E-state index in [1.54, 1.807) is 42.5 Å². The van der Waals surface area contributed by atoms with Gasteiger partial charge in [0.05, 0.1) is 24.6 Å². The molecular weight excluding hydrogens is 796 g/mol. The first-order valence-electron chi connectivity index (χ1n) is 19.5. The summed E-state index contributed by atoms with van der Waals surface area (Å²) in [5, 5.41) is 4.56. The maximum Gasteiger partial charge on any atom is 0.471 e. The molecule has 4 aromatic rings. The van der Waals surface area contributed by atoms with Crippen LogP contribution in [-0.2, 0) is 29.2 Å². The summed E-state index contributed by atoms with van der Waals surface area (Å²) in [4.78, 5) is 60.7. The lowest BCUT2D eigenvalue weighted by Gasteiger charge is -2.30. The Morgan fingerprint density at radius 3 is 2.59 bits per heavy atom. The number of carbonyl (C=O) groups excluding carboxylic acids is 4. The van der Waals surface area contributed by atoms with Gasteiger partial charge >= 0.3 is 12.1 Å². The summed E-state index contributed by atoms with van der Waals surface area (Å²) in [7, 11) is -2.47. The van der Waals surface area contributed by atoms with Gasteiger partial charge in [0.2, 0.25) is 21.8 Å². The minimum Gasteiger partial charge on any atom is -0.497 e. The molecule has 2 saturated carbocycles. The van der Waals surface area contributed by atoms with E-state index in [2.05, 4.69) is 10.0 Å². The summed E-state index contributed by atoms with van der Waals surface area (Å²) in [6.07, 6.45) is -0.215. The Bertz CT molecular complexity index is 2470. The number of hydrogen-bond donors (Lipinski definition) is 3. The Balaban J connectivity index is 1.16. The van der Waals surface area contributed by atoms with E-state index < -0.39 is 74.7 Å². The number of nitrogens with zero attached hydrogens (tertiary/aromatic N) is 2. The molecule has 8 rings (SSSR count). The Labute approximate surface area is 336 Å². The fraction of sp³-hybridized carbons (Fsp3) is 0.439. The van der Waals surface area contributed by atoms with Gasteiger partial charge in [-0.3, -0.25) is 23.9 Å². The van der Waals surface area contributed by atoms with E-state index in [4.69, 9.17) is 18.9 Å². The number of aromatic nitrogens is 1. The van der Waals surface area contributed by atoms with Crippen LogP contribution >= 0.6 is 0 Å². The highest BCUT2D eigenvalue weighted by Gasteiger charge is 2.62. The molecule has 14 nitrogen and oxygen atoms in total. The number of rotatable bonds is 8. The van der Waals surface area contributed by atoms with Crippen LogP contribution in [0.5, 0.6) is 11.5 Å². The molecule has 4 heterocycles. The number of alkyl halides is 3. The lowest BCUT2D eigenvalue weighted by Crippen LogP contribution is -2.58. The summed E-state index contributed by atoms with van der Waals surface area (Å²) in [5.74, 6) is -4.76. The number of para-hydroxylation sites is 1. The number of hydrogen-bond acceptors (Lipinski definition) is 10. The largest absolute Gasteiger partial charge is 0.497 e. The number of allylic oxidation sites excluding steroid dienone is 1. The molecule has 4 amide bonds. The lowest BCUT2D eigenvalue weighted by atomic mass is 10.0. The van der Waals surface area contributed by atoms with Crippen LogP contribution in [-0.4, -0.2) is 90.7 Å². The Hall–Kier alpha value is -5.65. The highest BCUT2D eigenvalue weighted by Crippen LogP contribution is 2.46. The second kappa shape index (κ2) is 15.5. The molecule has 18 heteroatoms. The van der Waals surface area contributed by atoms with E-state index in [9.17, 15) is 40.8 Å². The number of halogens is 3. The van der Waals surface area contributed by atoms with Gasteiger partial charge in [-0.2, -0.15) is 13.2 Å². The molecule has 2 aliphatic heterocycles. The molecular formula is C41H42F3N5O9S. The first-order valence-corrected chi connectivity index (χ1v) is 21.1. The minimum absolute atomic E-state index is 0.0836. The van der Waals surface area contributed by atoms with Gasteiger partial charge in [0.1, 0.15) is 40.6 Å². The van der Waals surface area contributed by atoms with Gasteiger partial charge < -0.3 is 29.4 Å². The fourth-order valence-electron chi connectivity index (χ4n) is 7.94. The molecule has 3 fully saturated rings. The lowest BCUT2D eigenvalue weighted by molar-refractivity contribution is -0.175. The Kier molecular flexibility index (Phi) is 10.6. The first-order chi connectivity index (χ1) is 28.2. The standard InChI is InChI=1S/C41H42F3N5O9S/c1-56-25-12-9-10-23(18-25)30-20-33(35-34(45-30)28-13-7-8-15-32(28)58-35)57-26-19-31-36(50)47-40(38(52)48-59(54,55)27-16-17-27)21-24(40)11-5-3-2-4-6-14-29(37(51)49(31)22-26)46-39(53)41(42,43)44/h5,7-13,15,18,20,24,26-27,29,31H,2-4,6,14,16-17,19,21-22H2,1H3,(H,46,53)(H,47,50)(H,48,52)/b11-5-/t24-,26+,29-,31-,40+/m0/s1. The molecule has 0 radical (unpaired) electrons. The van der Waals surface area contributed by atoms with Gasteiger partial charge in [0.15, 0.2) is 11.3 Å². The molecule has 2 aliphatic carbocycles. The highest BCUT2D eigenvalue weighted by atomic mass is 32.2. The second-order valence-corrected chi connectivity index (χ2v) is 17.5. The first kappa shape index (κ1) is 40.1. The molecule has 312 valence electrons. The zero-order valence-electron chi connectivity index (χ0n) is 31.9. The van der Waals surface area contributed by atoms with Crippen molar-refractivity contribution in [2.45, 2.75) is 92.9 Å². The molecule has 0 unspecified atom stereocenters. The van der Waals surface area contributed by atoms with Crippen molar-refractivity contribution in [3.8, 4) is 22.8 Å². The van der Waals surface area contributed by atoms with Gasteiger partial charge in [-0.25, -0.2) is 13.4 Å². The van der Waals surface area contributed by atoms with E-state index in [0.29, 0.717) is 65.6 Å². The molecule has 59 heavy (non-hydrogen) atoms. The number of nitrogens with one attached hydrogen (secondary N) is 3. The molecule has 5 atom stereocenters. The Morgan fingerprint density at radius 2 is 1.83 bits per heavy atom. The fourth-order valence-corrected chi connectivity index (χ4v) is 9.30. The third-order valence-electron chi connectivity index (χ3n) is 11.4. The van der Waals surface area contributed by atoms with Gasteiger partial charge in [0.25, 0.3) is 5.91 Å². The van der Waals surface area contributed by atoms with Crippen LogP contribution in [0.25, 0.3) is 33.3 Å². The molecule has 0 bridgehead atoms. The van der Waals surface area contributed by atoms with Crippen molar-refractivity contribution in [2.75, 3.05) is 13.7 Å². The molecule has 2 aromatic heterocycles. The van der Waals surface area contributed by atoms with Crippen molar-refractivity contribution in [3.63, 3.8) is 0 Å². The van der Waals surface area contributed by atoms with Crippen LogP contribution in [0.1, 0.15) is 57.8 Å². The number of furan rings is 1.